The van der Waals surface area contributed by atoms with Crippen LogP contribution in [0.3, 0.4) is 0 Å². The summed E-state index contributed by atoms with van der Waals surface area (Å²) >= 11 is 12.6. The van der Waals surface area contributed by atoms with Crippen LogP contribution < -0.4 is 5.32 Å². The summed E-state index contributed by atoms with van der Waals surface area (Å²) in [5, 5.41) is 4.43. The number of carbonyl (C=O) groups excluding carboxylic acids is 2. The summed E-state index contributed by atoms with van der Waals surface area (Å²) in [4.78, 5) is 33.3. The number of carbonyl (C=O) groups is 2. The molecule has 0 bridgehead atoms. The third-order valence-electron chi connectivity index (χ3n) is 8.16. The van der Waals surface area contributed by atoms with Crippen molar-refractivity contribution in [3.8, 4) is 0 Å². The molecule has 0 saturated carbocycles. The minimum atomic E-state index is -0.310. The quantitative estimate of drug-likeness (QED) is 0.371. The zero-order chi connectivity index (χ0) is 28.9. The van der Waals surface area contributed by atoms with Gasteiger partial charge in [0.1, 0.15) is 0 Å². The molecule has 2 fully saturated rings. The Hall–Kier alpha value is -2.90. The zero-order valence-corrected chi connectivity index (χ0v) is 25.3. The molecule has 3 aromatic rings. The Kier molecular flexibility index (Phi) is 9.66. The van der Waals surface area contributed by atoms with Gasteiger partial charge in [-0.1, -0.05) is 76.8 Å². The van der Waals surface area contributed by atoms with Crippen LogP contribution >= 0.6 is 23.2 Å². The van der Waals surface area contributed by atoms with Crippen LogP contribution in [-0.4, -0.2) is 71.8 Å². The van der Waals surface area contributed by atoms with E-state index in [2.05, 4.69) is 40.5 Å². The summed E-state index contributed by atoms with van der Waals surface area (Å²) in [6.07, 6.45) is 2.02. The number of amides is 2. The van der Waals surface area contributed by atoms with E-state index in [4.69, 9.17) is 23.2 Å². The van der Waals surface area contributed by atoms with Crippen molar-refractivity contribution in [1.82, 2.24) is 20.0 Å². The molecular formula is C33H38Cl2N4O2. The number of hydrogen-bond acceptors (Lipinski definition) is 4. The van der Waals surface area contributed by atoms with Gasteiger partial charge < -0.3 is 15.1 Å². The Bertz CT molecular complexity index is 1350. The van der Waals surface area contributed by atoms with Gasteiger partial charge in [-0.2, -0.15) is 0 Å². The number of aryl methyl sites for hydroxylation is 2. The molecule has 2 heterocycles. The van der Waals surface area contributed by atoms with Gasteiger partial charge in [-0.25, -0.2) is 0 Å². The smallest absolute Gasteiger partial charge is 0.254 e. The van der Waals surface area contributed by atoms with Gasteiger partial charge in [0, 0.05) is 37.8 Å². The average Bonchev–Trinajstić information content (AvgIpc) is 2.97. The summed E-state index contributed by atoms with van der Waals surface area (Å²) < 4.78 is 0. The number of nitrogens with zero attached hydrogens (tertiary/aromatic N) is 3. The predicted molar refractivity (Wildman–Crippen MR) is 165 cm³/mol. The molecule has 5 rings (SSSR count). The molecule has 2 amide bonds. The maximum absolute atomic E-state index is 13.6. The maximum atomic E-state index is 13.6. The fourth-order valence-electron chi connectivity index (χ4n) is 6.02. The minimum absolute atomic E-state index is 0.0191. The van der Waals surface area contributed by atoms with Crippen LogP contribution in [0.15, 0.2) is 66.7 Å². The molecule has 0 radical (unpaired) electrons. The van der Waals surface area contributed by atoms with Gasteiger partial charge in [0.2, 0.25) is 5.91 Å². The van der Waals surface area contributed by atoms with Gasteiger partial charge >= 0.3 is 0 Å². The highest BCUT2D eigenvalue weighted by molar-refractivity contribution is 6.42. The lowest BCUT2D eigenvalue weighted by molar-refractivity contribution is -0.135. The lowest BCUT2D eigenvalue weighted by Gasteiger charge is -2.42. The van der Waals surface area contributed by atoms with Crippen LogP contribution in [-0.2, 0) is 11.3 Å². The average molecular weight is 594 g/mol. The number of nitrogens with one attached hydrogen (secondary N) is 1. The number of hydrogen-bond donors (Lipinski definition) is 1. The van der Waals surface area contributed by atoms with E-state index >= 15 is 0 Å². The second-order valence-corrected chi connectivity index (χ2v) is 12.1. The number of rotatable bonds is 7. The van der Waals surface area contributed by atoms with Crippen LogP contribution in [0.4, 0.5) is 0 Å². The highest BCUT2D eigenvalue weighted by Gasteiger charge is 2.34. The molecule has 6 nitrogen and oxygen atoms in total. The third-order valence-corrected chi connectivity index (χ3v) is 8.90. The molecule has 0 spiro atoms. The molecule has 3 aromatic carbocycles. The first kappa shape index (κ1) is 29.6. The zero-order valence-electron chi connectivity index (χ0n) is 23.8. The molecule has 8 heteroatoms. The molecule has 0 aliphatic carbocycles. The Morgan fingerprint density at radius 3 is 2.24 bits per heavy atom. The first-order valence-corrected chi connectivity index (χ1v) is 15.1. The fourth-order valence-corrected chi connectivity index (χ4v) is 6.33. The van der Waals surface area contributed by atoms with Crippen molar-refractivity contribution in [1.29, 1.82) is 0 Å². The van der Waals surface area contributed by atoms with Gasteiger partial charge in [-0.05, 0) is 75.2 Å². The standard InChI is InChI=1S/C33H38Cl2N4O2/c1-23-16-24(2)18-27(17-23)33(41)38-14-15-39(31(22-38)26-8-9-29(34)30(35)19-26)32(40)20-36-28-10-12-37(13-11-28)21-25-6-4-3-5-7-25/h3-9,16-19,28,31,36H,10-15,20-22H2,1-2H3/t31-/m0/s1. The topological polar surface area (TPSA) is 55.9 Å². The molecule has 41 heavy (non-hydrogen) atoms. The van der Waals surface area contributed by atoms with Crippen LogP contribution in [0.1, 0.15) is 51.5 Å². The lowest BCUT2D eigenvalue weighted by Crippen LogP contribution is -2.54. The molecular weight excluding hydrogens is 555 g/mol. The fraction of sp³-hybridized carbons (Fsp3) is 0.394. The van der Waals surface area contributed by atoms with Crippen molar-refractivity contribution in [3.63, 3.8) is 0 Å². The molecule has 1 N–H and O–H groups in total. The third kappa shape index (κ3) is 7.49. The van der Waals surface area contributed by atoms with Crippen molar-refractivity contribution < 1.29 is 9.59 Å². The highest BCUT2D eigenvalue weighted by atomic mass is 35.5. The molecule has 0 aromatic heterocycles. The summed E-state index contributed by atoms with van der Waals surface area (Å²) in [7, 11) is 0. The number of halogens is 2. The predicted octanol–water partition coefficient (Wildman–Crippen LogP) is 5.89. The van der Waals surface area contributed by atoms with E-state index in [1.54, 1.807) is 6.07 Å². The molecule has 2 aliphatic rings. The van der Waals surface area contributed by atoms with E-state index < -0.39 is 0 Å². The Morgan fingerprint density at radius 1 is 0.854 bits per heavy atom. The first-order valence-electron chi connectivity index (χ1n) is 14.4. The summed E-state index contributed by atoms with van der Waals surface area (Å²) in [5.74, 6) is 0.0145. The van der Waals surface area contributed by atoms with Crippen molar-refractivity contribution >= 4 is 35.0 Å². The molecule has 1 atom stereocenters. The van der Waals surface area contributed by atoms with E-state index in [9.17, 15) is 9.59 Å². The van der Waals surface area contributed by atoms with Crippen LogP contribution in [0.5, 0.6) is 0 Å². The maximum Gasteiger partial charge on any atom is 0.254 e. The highest BCUT2D eigenvalue weighted by Crippen LogP contribution is 2.31. The van der Waals surface area contributed by atoms with E-state index in [-0.39, 0.29) is 24.4 Å². The number of likely N-dealkylation sites (tertiary alicyclic amines) is 1. The van der Waals surface area contributed by atoms with E-state index in [0.717, 1.165) is 49.2 Å². The molecule has 0 unspecified atom stereocenters. The SMILES string of the molecule is Cc1cc(C)cc(C(=O)N2CCN(C(=O)CNC3CCN(Cc4ccccc4)CC3)[C@H](c3ccc(Cl)c(Cl)c3)C2)c1. The van der Waals surface area contributed by atoms with Gasteiger partial charge in [0.15, 0.2) is 0 Å². The van der Waals surface area contributed by atoms with Crippen LogP contribution in [0.2, 0.25) is 10.0 Å². The number of piperidine rings is 1. The minimum Gasteiger partial charge on any atom is -0.334 e. The second kappa shape index (κ2) is 13.4. The van der Waals surface area contributed by atoms with Gasteiger partial charge in [0.05, 0.1) is 22.6 Å². The largest absolute Gasteiger partial charge is 0.334 e. The van der Waals surface area contributed by atoms with Gasteiger partial charge in [-0.3, -0.25) is 14.5 Å². The Morgan fingerprint density at radius 2 is 1.56 bits per heavy atom. The summed E-state index contributed by atoms with van der Waals surface area (Å²) in [6.45, 7) is 8.57. The normalized spacial score (nSPS) is 18.5. The molecule has 2 saturated heterocycles. The Labute approximate surface area is 253 Å². The van der Waals surface area contributed by atoms with Crippen molar-refractivity contribution in [2.75, 3.05) is 39.3 Å². The van der Waals surface area contributed by atoms with E-state index in [0.29, 0.717) is 41.3 Å². The Balaban J connectivity index is 1.23. The van der Waals surface area contributed by atoms with Crippen molar-refractivity contribution in [3.05, 3.63) is 105 Å². The summed E-state index contributed by atoms with van der Waals surface area (Å²) in [6, 6.07) is 21.9. The number of benzene rings is 3. The van der Waals surface area contributed by atoms with E-state index in [1.807, 2.05) is 54.0 Å². The lowest BCUT2D eigenvalue weighted by atomic mass is 10.00. The molecule has 216 valence electrons. The van der Waals surface area contributed by atoms with Crippen molar-refractivity contribution in [2.24, 2.45) is 0 Å². The van der Waals surface area contributed by atoms with Gasteiger partial charge in [0.25, 0.3) is 5.91 Å². The second-order valence-electron chi connectivity index (χ2n) is 11.3. The van der Waals surface area contributed by atoms with Crippen molar-refractivity contribution in [2.45, 2.75) is 45.3 Å². The van der Waals surface area contributed by atoms with Crippen LogP contribution in [0, 0.1) is 13.8 Å². The van der Waals surface area contributed by atoms with E-state index in [1.165, 1.54) is 5.56 Å². The van der Waals surface area contributed by atoms with Gasteiger partial charge in [-0.15, -0.1) is 0 Å². The summed E-state index contributed by atoms with van der Waals surface area (Å²) in [5.41, 5.74) is 4.99. The number of piperazine rings is 1. The first-order chi connectivity index (χ1) is 19.8. The van der Waals surface area contributed by atoms with Crippen LogP contribution in [0.25, 0.3) is 0 Å². The monoisotopic (exact) mass is 592 g/mol. The molecule has 2 aliphatic heterocycles.